The molecule has 1 unspecified atom stereocenters. The van der Waals surface area contributed by atoms with E-state index in [0.29, 0.717) is 12.6 Å². The molecule has 0 aliphatic heterocycles. The Labute approximate surface area is 115 Å². The molecule has 108 valence electrons. The highest BCUT2D eigenvalue weighted by atomic mass is 16.4. The lowest BCUT2D eigenvalue weighted by atomic mass is 9.94. The van der Waals surface area contributed by atoms with Gasteiger partial charge in [0.2, 0.25) is 0 Å². The fourth-order valence-electron chi connectivity index (χ4n) is 2.21. The van der Waals surface area contributed by atoms with Crippen LogP contribution in [0.25, 0.3) is 0 Å². The maximum absolute atomic E-state index is 11.1. The van der Waals surface area contributed by atoms with Crippen LogP contribution >= 0.6 is 0 Å². The van der Waals surface area contributed by atoms with Gasteiger partial charge >= 0.3 is 5.97 Å². The summed E-state index contributed by atoms with van der Waals surface area (Å²) in [6.45, 7) is 9.22. The number of nitrogens with one attached hydrogen (secondary N) is 1. The molecule has 0 bridgehead atoms. The van der Waals surface area contributed by atoms with Gasteiger partial charge in [-0.15, -0.1) is 0 Å². The van der Waals surface area contributed by atoms with Gasteiger partial charge in [0.05, 0.1) is 5.41 Å². The summed E-state index contributed by atoms with van der Waals surface area (Å²) in [6.07, 6.45) is 6.26. The van der Waals surface area contributed by atoms with Crippen molar-refractivity contribution in [2.75, 3.05) is 6.54 Å². The molecule has 1 aromatic heterocycles. The van der Waals surface area contributed by atoms with Crippen molar-refractivity contribution in [1.82, 2.24) is 9.88 Å². The maximum Gasteiger partial charge on any atom is 0.310 e. The summed E-state index contributed by atoms with van der Waals surface area (Å²) in [5.74, 6) is -0.764. The van der Waals surface area contributed by atoms with Crippen LogP contribution in [0.3, 0.4) is 0 Å². The average molecular weight is 266 g/mol. The molecule has 0 fully saturated rings. The number of rotatable bonds is 8. The number of carboxylic acids is 1. The molecule has 1 heterocycles. The van der Waals surface area contributed by atoms with Gasteiger partial charge in [-0.2, -0.15) is 0 Å². The molecule has 0 saturated carbocycles. The molecule has 0 aliphatic carbocycles. The Kier molecular flexibility index (Phi) is 5.60. The lowest BCUT2D eigenvalue weighted by Gasteiger charge is -2.20. The lowest BCUT2D eigenvalue weighted by molar-refractivity contribution is -0.147. The Morgan fingerprint density at radius 2 is 2.16 bits per heavy atom. The van der Waals surface area contributed by atoms with Gasteiger partial charge < -0.3 is 15.0 Å². The predicted octanol–water partition coefficient (Wildman–Crippen LogP) is 3.05. The van der Waals surface area contributed by atoms with Crippen LogP contribution in [0.4, 0.5) is 0 Å². The number of aromatic nitrogens is 1. The first-order chi connectivity index (χ1) is 8.90. The van der Waals surface area contributed by atoms with Crippen molar-refractivity contribution in [3.63, 3.8) is 0 Å². The third-order valence-electron chi connectivity index (χ3n) is 3.36. The summed E-state index contributed by atoms with van der Waals surface area (Å²) in [5, 5.41) is 12.6. The second-order valence-corrected chi connectivity index (χ2v) is 5.71. The number of hydrogen-bond donors (Lipinski definition) is 2. The highest BCUT2D eigenvalue weighted by Crippen LogP contribution is 2.22. The minimum atomic E-state index is -0.764. The molecule has 0 saturated heterocycles. The quantitative estimate of drug-likeness (QED) is 0.760. The van der Waals surface area contributed by atoms with Crippen molar-refractivity contribution >= 4 is 5.97 Å². The molecule has 1 rings (SSSR count). The van der Waals surface area contributed by atoms with Gasteiger partial charge in [-0.3, -0.25) is 4.79 Å². The van der Waals surface area contributed by atoms with E-state index in [1.807, 2.05) is 10.8 Å². The fourth-order valence-corrected chi connectivity index (χ4v) is 2.21. The lowest BCUT2D eigenvalue weighted by Crippen LogP contribution is -2.28. The first kappa shape index (κ1) is 15.8. The summed E-state index contributed by atoms with van der Waals surface area (Å²) in [7, 11) is 0. The summed E-state index contributed by atoms with van der Waals surface area (Å²) < 4.78 is 1.98. The number of carboxylic acid groups (broad SMARTS) is 1. The molecule has 1 atom stereocenters. The van der Waals surface area contributed by atoms with Crippen LogP contribution < -0.4 is 5.32 Å². The van der Waals surface area contributed by atoms with Crippen molar-refractivity contribution in [1.29, 1.82) is 0 Å². The van der Waals surface area contributed by atoms with E-state index in [2.05, 4.69) is 31.4 Å². The smallest absolute Gasteiger partial charge is 0.310 e. The zero-order valence-electron chi connectivity index (χ0n) is 12.4. The van der Waals surface area contributed by atoms with Gasteiger partial charge in [-0.05, 0) is 38.4 Å². The molecule has 4 heteroatoms. The zero-order chi connectivity index (χ0) is 14.5. The SMILES string of the molecule is CCCC(NCC)c1ccn(CC(C)(C)C(=O)O)c1. The Morgan fingerprint density at radius 1 is 1.47 bits per heavy atom. The number of hydrogen-bond acceptors (Lipinski definition) is 2. The van der Waals surface area contributed by atoms with E-state index in [0.717, 1.165) is 19.4 Å². The van der Waals surface area contributed by atoms with E-state index in [1.165, 1.54) is 5.56 Å². The maximum atomic E-state index is 11.1. The second-order valence-electron chi connectivity index (χ2n) is 5.71. The molecule has 0 radical (unpaired) electrons. The minimum Gasteiger partial charge on any atom is -0.481 e. The Bertz CT molecular complexity index is 404. The van der Waals surface area contributed by atoms with Gasteiger partial charge in [0, 0.05) is 25.0 Å². The Balaban J connectivity index is 2.78. The minimum absolute atomic E-state index is 0.365. The van der Waals surface area contributed by atoms with E-state index >= 15 is 0 Å². The van der Waals surface area contributed by atoms with Gasteiger partial charge in [0.1, 0.15) is 0 Å². The molecule has 0 amide bonds. The molecule has 1 aromatic rings. The normalized spacial score (nSPS) is 13.5. The number of nitrogens with zero attached hydrogens (tertiary/aromatic N) is 1. The van der Waals surface area contributed by atoms with Crippen LogP contribution in [0.2, 0.25) is 0 Å². The van der Waals surface area contributed by atoms with E-state index in [4.69, 9.17) is 5.11 Å². The standard InChI is InChI=1S/C15H26N2O2/c1-5-7-13(16-6-2)12-8-9-17(10-12)11-15(3,4)14(18)19/h8-10,13,16H,5-7,11H2,1-4H3,(H,18,19). The topological polar surface area (TPSA) is 54.3 Å². The van der Waals surface area contributed by atoms with Crippen molar-refractivity contribution in [3.05, 3.63) is 24.0 Å². The fraction of sp³-hybridized carbons (Fsp3) is 0.667. The van der Waals surface area contributed by atoms with Crippen molar-refractivity contribution in [3.8, 4) is 0 Å². The number of carbonyl (C=O) groups is 1. The van der Waals surface area contributed by atoms with Crippen molar-refractivity contribution < 1.29 is 9.90 Å². The zero-order valence-corrected chi connectivity index (χ0v) is 12.4. The van der Waals surface area contributed by atoms with E-state index in [9.17, 15) is 4.79 Å². The molecule has 0 aliphatic rings. The molecule has 0 aromatic carbocycles. The predicted molar refractivity (Wildman–Crippen MR) is 77.2 cm³/mol. The molecule has 19 heavy (non-hydrogen) atoms. The van der Waals surface area contributed by atoms with Crippen LogP contribution in [-0.4, -0.2) is 22.2 Å². The van der Waals surface area contributed by atoms with Gasteiger partial charge in [0.15, 0.2) is 0 Å². The first-order valence-electron chi connectivity index (χ1n) is 7.03. The molecule has 0 spiro atoms. The van der Waals surface area contributed by atoms with E-state index in [1.54, 1.807) is 13.8 Å². The average Bonchev–Trinajstić information content (AvgIpc) is 2.76. The van der Waals surface area contributed by atoms with E-state index in [-0.39, 0.29) is 0 Å². The summed E-state index contributed by atoms with van der Waals surface area (Å²) in [4.78, 5) is 11.1. The Morgan fingerprint density at radius 3 is 2.68 bits per heavy atom. The summed E-state index contributed by atoms with van der Waals surface area (Å²) in [6, 6.07) is 2.45. The second kappa shape index (κ2) is 6.75. The highest BCUT2D eigenvalue weighted by Gasteiger charge is 2.27. The van der Waals surface area contributed by atoms with Crippen molar-refractivity contribution in [2.24, 2.45) is 5.41 Å². The monoisotopic (exact) mass is 266 g/mol. The molecule has 2 N–H and O–H groups in total. The first-order valence-corrected chi connectivity index (χ1v) is 7.03. The molecular weight excluding hydrogens is 240 g/mol. The van der Waals surface area contributed by atoms with E-state index < -0.39 is 11.4 Å². The highest BCUT2D eigenvalue weighted by molar-refractivity contribution is 5.73. The van der Waals surface area contributed by atoms with Crippen LogP contribution in [0.5, 0.6) is 0 Å². The van der Waals surface area contributed by atoms with Crippen LogP contribution in [0, 0.1) is 5.41 Å². The molecule has 4 nitrogen and oxygen atoms in total. The van der Waals surface area contributed by atoms with Crippen molar-refractivity contribution in [2.45, 2.75) is 53.1 Å². The molecular formula is C15H26N2O2. The van der Waals surface area contributed by atoms with Crippen LogP contribution in [0.15, 0.2) is 18.5 Å². The van der Waals surface area contributed by atoms with Crippen LogP contribution in [-0.2, 0) is 11.3 Å². The largest absolute Gasteiger partial charge is 0.481 e. The summed E-state index contributed by atoms with van der Waals surface area (Å²) >= 11 is 0. The van der Waals surface area contributed by atoms with Gasteiger partial charge in [0.25, 0.3) is 0 Å². The van der Waals surface area contributed by atoms with Gasteiger partial charge in [-0.1, -0.05) is 20.3 Å². The van der Waals surface area contributed by atoms with Crippen LogP contribution in [0.1, 0.15) is 52.1 Å². The van der Waals surface area contributed by atoms with Gasteiger partial charge in [-0.25, -0.2) is 0 Å². The summed E-state index contributed by atoms with van der Waals surface area (Å²) in [5.41, 5.74) is 0.499. The number of aliphatic carboxylic acids is 1. The Hall–Kier alpha value is -1.29. The third-order valence-corrected chi connectivity index (χ3v) is 3.36. The third kappa shape index (κ3) is 4.39.